The molecule has 0 spiro atoms. The van der Waals surface area contributed by atoms with Crippen LogP contribution in [0.1, 0.15) is 34.1 Å². The van der Waals surface area contributed by atoms with Crippen molar-refractivity contribution in [3.63, 3.8) is 0 Å². The first-order valence-corrected chi connectivity index (χ1v) is 6.46. The van der Waals surface area contributed by atoms with Gasteiger partial charge in [-0.3, -0.25) is 0 Å². The van der Waals surface area contributed by atoms with Crippen LogP contribution in [0.25, 0.3) is 0 Å². The molecule has 0 aliphatic carbocycles. The summed E-state index contributed by atoms with van der Waals surface area (Å²) in [4.78, 5) is 24.5. The summed E-state index contributed by atoms with van der Waals surface area (Å²) in [5, 5.41) is 14.0. The number of nitrogens with zero attached hydrogens (tertiary/aromatic N) is 1. The summed E-state index contributed by atoms with van der Waals surface area (Å²) in [5.74, 6) is -1.01. The first kappa shape index (κ1) is 16.7. The van der Waals surface area contributed by atoms with Crippen molar-refractivity contribution in [2.24, 2.45) is 0 Å². The summed E-state index contributed by atoms with van der Waals surface area (Å²) in [7, 11) is 0. The predicted molar refractivity (Wildman–Crippen MR) is 70.6 cm³/mol. The highest BCUT2D eigenvalue weighted by molar-refractivity contribution is 5.82. The minimum atomic E-state index is -1.01. The van der Waals surface area contributed by atoms with Crippen LogP contribution in [-0.2, 0) is 4.79 Å². The summed E-state index contributed by atoms with van der Waals surface area (Å²) in [5.41, 5.74) is 0. The molecule has 0 fully saturated rings. The highest BCUT2D eigenvalue weighted by Gasteiger charge is 2.18. The standard InChI is InChI=1S/C12H25N3O3/c1-5-10(11(16)17)14-12(18)13-9(4)8-15(6-2)7-3/h9-10H,5-8H2,1-4H3,(H,16,17)(H2,13,14,18)/t9?,10-/m1/s1. The smallest absolute Gasteiger partial charge is 0.326 e. The van der Waals surface area contributed by atoms with Crippen LogP contribution in [-0.4, -0.2) is 53.7 Å². The van der Waals surface area contributed by atoms with Gasteiger partial charge in [0, 0.05) is 12.6 Å². The first-order valence-electron chi connectivity index (χ1n) is 6.46. The van der Waals surface area contributed by atoms with Crippen molar-refractivity contribution in [2.45, 2.75) is 46.2 Å². The largest absolute Gasteiger partial charge is 0.480 e. The van der Waals surface area contributed by atoms with E-state index in [-0.39, 0.29) is 6.04 Å². The third-order valence-corrected chi connectivity index (χ3v) is 2.82. The number of hydrogen-bond donors (Lipinski definition) is 3. The van der Waals surface area contributed by atoms with E-state index in [1.807, 2.05) is 6.92 Å². The molecule has 2 amide bonds. The van der Waals surface area contributed by atoms with Crippen LogP contribution in [0.3, 0.4) is 0 Å². The molecule has 3 N–H and O–H groups in total. The molecule has 0 aromatic rings. The second-order valence-corrected chi connectivity index (χ2v) is 4.30. The van der Waals surface area contributed by atoms with Crippen LogP contribution < -0.4 is 10.6 Å². The van der Waals surface area contributed by atoms with Crippen LogP contribution in [0.5, 0.6) is 0 Å². The molecular formula is C12H25N3O3. The van der Waals surface area contributed by atoms with E-state index in [1.165, 1.54) is 0 Å². The second kappa shape index (κ2) is 8.74. The van der Waals surface area contributed by atoms with Crippen molar-refractivity contribution in [1.82, 2.24) is 15.5 Å². The van der Waals surface area contributed by atoms with Gasteiger partial charge >= 0.3 is 12.0 Å². The van der Waals surface area contributed by atoms with Crippen molar-refractivity contribution >= 4 is 12.0 Å². The summed E-state index contributed by atoms with van der Waals surface area (Å²) in [6, 6.07) is -1.27. The first-order chi connectivity index (χ1) is 8.44. The zero-order valence-corrected chi connectivity index (χ0v) is 11.7. The second-order valence-electron chi connectivity index (χ2n) is 4.30. The van der Waals surface area contributed by atoms with E-state index >= 15 is 0 Å². The number of carbonyl (C=O) groups excluding carboxylic acids is 1. The van der Waals surface area contributed by atoms with Gasteiger partial charge in [0.05, 0.1) is 0 Å². The molecule has 0 aliphatic heterocycles. The average molecular weight is 259 g/mol. The van der Waals surface area contributed by atoms with Crippen LogP contribution in [0.4, 0.5) is 4.79 Å². The normalized spacial score (nSPS) is 14.1. The van der Waals surface area contributed by atoms with Gasteiger partial charge in [0.15, 0.2) is 0 Å². The Morgan fingerprint density at radius 1 is 1.17 bits per heavy atom. The SMILES string of the molecule is CC[C@@H](NC(=O)NC(C)CN(CC)CC)C(=O)O. The predicted octanol–water partition coefficient (Wildman–Crippen LogP) is 0.879. The summed E-state index contributed by atoms with van der Waals surface area (Å²) in [6.07, 6.45) is 0.368. The molecular weight excluding hydrogens is 234 g/mol. The number of amides is 2. The lowest BCUT2D eigenvalue weighted by Crippen LogP contribution is -2.50. The summed E-state index contributed by atoms with van der Waals surface area (Å²) in [6.45, 7) is 10.4. The minimum absolute atomic E-state index is 0.0174. The molecule has 6 heteroatoms. The van der Waals surface area contributed by atoms with Crippen LogP contribution in [0.2, 0.25) is 0 Å². The van der Waals surface area contributed by atoms with Gasteiger partial charge in [-0.1, -0.05) is 20.8 Å². The molecule has 0 saturated carbocycles. The molecule has 18 heavy (non-hydrogen) atoms. The highest BCUT2D eigenvalue weighted by Crippen LogP contribution is 1.94. The van der Waals surface area contributed by atoms with E-state index < -0.39 is 18.0 Å². The fraction of sp³-hybridized carbons (Fsp3) is 0.833. The summed E-state index contributed by atoms with van der Waals surface area (Å²) >= 11 is 0. The Labute approximate surface area is 109 Å². The lowest BCUT2D eigenvalue weighted by Gasteiger charge is -2.24. The third kappa shape index (κ3) is 6.44. The molecule has 0 aromatic heterocycles. The number of likely N-dealkylation sites (N-methyl/N-ethyl adjacent to an activating group) is 1. The molecule has 0 saturated heterocycles. The van der Waals surface area contributed by atoms with E-state index in [1.54, 1.807) is 6.92 Å². The number of carbonyl (C=O) groups is 2. The van der Waals surface area contributed by atoms with Gasteiger partial charge in [-0.05, 0) is 26.4 Å². The van der Waals surface area contributed by atoms with Gasteiger partial charge in [-0.15, -0.1) is 0 Å². The molecule has 0 bridgehead atoms. The van der Waals surface area contributed by atoms with Crippen LogP contribution >= 0.6 is 0 Å². The molecule has 0 heterocycles. The van der Waals surface area contributed by atoms with Crippen molar-refractivity contribution in [3.05, 3.63) is 0 Å². The van der Waals surface area contributed by atoms with E-state index in [4.69, 9.17) is 5.11 Å². The molecule has 1 unspecified atom stereocenters. The number of urea groups is 1. The Bertz CT molecular complexity index is 267. The van der Waals surface area contributed by atoms with Gasteiger partial charge in [0.1, 0.15) is 6.04 Å². The molecule has 6 nitrogen and oxygen atoms in total. The maximum absolute atomic E-state index is 11.6. The van der Waals surface area contributed by atoms with E-state index in [9.17, 15) is 9.59 Å². The molecule has 0 aliphatic rings. The number of rotatable bonds is 8. The molecule has 106 valence electrons. The number of nitrogens with one attached hydrogen (secondary N) is 2. The van der Waals surface area contributed by atoms with E-state index in [0.29, 0.717) is 6.42 Å². The molecule has 2 atom stereocenters. The van der Waals surface area contributed by atoms with Gasteiger partial charge in [0.25, 0.3) is 0 Å². The van der Waals surface area contributed by atoms with Crippen molar-refractivity contribution in [1.29, 1.82) is 0 Å². The quantitative estimate of drug-likeness (QED) is 0.604. The van der Waals surface area contributed by atoms with Gasteiger partial charge < -0.3 is 20.6 Å². The fourth-order valence-corrected chi connectivity index (χ4v) is 1.68. The lowest BCUT2D eigenvalue weighted by atomic mass is 10.2. The maximum atomic E-state index is 11.6. The van der Waals surface area contributed by atoms with Gasteiger partial charge in [-0.2, -0.15) is 0 Å². The molecule has 0 aromatic carbocycles. The Balaban J connectivity index is 4.10. The van der Waals surface area contributed by atoms with Crippen LogP contribution in [0, 0.1) is 0 Å². The minimum Gasteiger partial charge on any atom is -0.480 e. The molecule has 0 radical (unpaired) electrons. The van der Waals surface area contributed by atoms with Crippen molar-refractivity contribution in [2.75, 3.05) is 19.6 Å². The zero-order valence-electron chi connectivity index (χ0n) is 11.7. The molecule has 0 rings (SSSR count). The fourth-order valence-electron chi connectivity index (χ4n) is 1.68. The zero-order chi connectivity index (χ0) is 14.1. The Morgan fingerprint density at radius 2 is 1.72 bits per heavy atom. The number of hydrogen-bond acceptors (Lipinski definition) is 3. The number of aliphatic carboxylic acids is 1. The van der Waals surface area contributed by atoms with Crippen molar-refractivity contribution < 1.29 is 14.7 Å². The lowest BCUT2D eigenvalue weighted by molar-refractivity contribution is -0.139. The van der Waals surface area contributed by atoms with Crippen LogP contribution in [0.15, 0.2) is 0 Å². The highest BCUT2D eigenvalue weighted by atomic mass is 16.4. The monoisotopic (exact) mass is 259 g/mol. The maximum Gasteiger partial charge on any atom is 0.326 e. The Morgan fingerprint density at radius 3 is 2.11 bits per heavy atom. The average Bonchev–Trinajstić information content (AvgIpc) is 2.32. The Hall–Kier alpha value is -1.30. The van der Waals surface area contributed by atoms with E-state index in [2.05, 4.69) is 29.4 Å². The van der Waals surface area contributed by atoms with E-state index in [0.717, 1.165) is 19.6 Å². The van der Waals surface area contributed by atoms with Crippen molar-refractivity contribution in [3.8, 4) is 0 Å². The van der Waals surface area contributed by atoms with Gasteiger partial charge in [-0.25, -0.2) is 9.59 Å². The Kier molecular flexibility index (Phi) is 8.11. The topological polar surface area (TPSA) is 81.7 Å². The third-order valence-electron chi connectivity index (χ3n) is 2.82. The van der Waals surface area contributed by atoms with Gasteiger partial charge in [0.2, 0.25) is 0 Å². The number of carboxylic acids is 1. The summed E-state index contributed by atoms with van der Waals surface area (Å²) < 4.78 is 0. The number of carboxylic acid groups (broad SMARTS) is 1.